The number of phenolic OH excluding ortho intramolecular Hbond substituents is 1. The summed E-state index contributed by atoms with van der Waals surface area (Å²) in [5, 5.41) is 12.6. The molecule has 98 valence electrons. The van der Waals surface area contributed by atoms with E-state index in [0.29, 0.717) is 11.1 Å². The molecular formula is C14H19NO3. The van der Waals surface area contributed by atoms with Crippen LogP contribution in [0.3, 0.4) is 0 Å². The molecule has 1 saturated carbocycles. The highest BCUT2D eigenvalue weighted by Crippen LogP contribution is 2.23. The van der Waals surface area contributed by atoms with Crippen molar-refractivity contribution >= 4 is 5.91 Å². The van der Waals surface area contributed by atoms with Gasteiger partial charge in [-0.05, 0) is 38.3 Å². The Bertz CT molecular complexity index is 445. The lowest BCUT2D eigenvalue weighted by Crippen LogP contribution is -2.33. The van der Waals surface area contributed by atoms with Crippen molar-refractivity contribution in [2.45, 2.75) is 38.3 Å². The number of hydrogen-bond acceptors (Lipinski definition) is 3. The van der Waals surface area contributed by atoms with Crippen LogP contribution < -0.4 is 5.32 Å². The van der Waals surface area contributed by atoms with E-state index in [4.69, 9.17) is 4.74 Å². The maximum atomic E-state index is 12.1. The summed E-state index contributed by atoms with van der Waals surface area (Å²) in [6.07, 6.45) is 3.04. The van der Waals surface area contributed by atoms with E-state index in [9.17, 15) is 9.90 Å². The van der Waals surface area contributed by atoms with E-state index >= 15 is 0 Å². The maximum Gasteiger partial charge on any atom is 0.251 e. The predicted octanol–water partition coefficient (Wildman–Crippen LogP) is 2.00. The number of carbonyl (C=O) groups excluding carboxylic acids is 1. The Morgan fingerprint density at radius 2 is 2.22 bits per heavy atom. The fourth-order valence-electron chi connectivity index (χ4n) is 2.42. The summed E-state index contributed by atoms with van der Waals surface area (Å²) in [7, 11) is 1.70. The maximum absolute atomic E-state index is 12.1. The Kier molecular flexibility index (Phi) is 3.87. The van der Waals surface area contributed by atoms with Crippen LogP contribution in [0.5, 0.6) is 5.75 Å². The quantitative estimate of drug-likeness (QED) is 0.861. The van der Waals surface area contributed by atoms with Crippen LogP contribution in [-0.2, 0) is 4.74 Å². The Labute approximate surface area is 107 Å². The molecule has 2 N–H and O–H groups in total. The zero-order valence-electron chi connectivity index (χ0n) is 10.8. The molecule has 0 saturated heterocycles. The summed E-state index contributed by atoms with van der Waals surface area (Å²) in [4.78, 5) is 12.1. The van der Waals surface area contributed by atoms with E-state index in [1.807, 2.05) is 0 Å². The molecule has 0 aliphatic heterocycles. The number of carbonyl (C=O) groups is 1. The third-order valence-electron chi connectivity index (χ3n) is 3.60. The second-order valence-electron chi connectivity index (χ2n) is 4.79. The third-order valence-corrected chi connectivity index (χ3v) is 3.60. The van der Waals surface area contributed by atoms with Crippen LogP contribution in [0.4, 0.5) is 0 Å². The number of benzene rings is 1. The first-order valence-corrected chi connectivity index (χ1v) is 6.24. The van der Waals surface area contributed by atoms with Gasteiger partial charge in [-0.15, -0.1) is 0 Å². The summed E-state index contributed by atoms with van der Waals surface area (Å²) in [6.45, 7) is 1.75. The molecule has 4 nitrogen and oxygen atoms in total. The normalized spacial score (nSPS) is 23.0. The zero-order chi connectivity index (χ0) is 13.1. The average molecular weight is 249 g/mol. The van der Waals surface area contributed by atoms with E-state index in [1.54, 1.807) is 32.2 Å². The van der Waals surface area contributed by atoms with Crippen molar-refractivity contribution in [2.24, 2.45) is 0 Å². The van der Waals surface area contributed by atoms with Gasteiger partial charge in [0.15, 0.2) is 0 Å². The standard InChI is InChI=1S/C14H19NO3/c1-9-12(4-3-5-13(9)16)14(17)15-10-6-7-11(8-10)18-2/h3-5,10-11,16H,6-8H2,1-2H3,(H,15,17). The summed E-state index contributed by atoms with van der Waals surface area (Å²) in [6, 6.07) is 5.17. The molecule has 0 heterocycles. The molecule has 0 aromatic heterocycles. The summed E-state index contributed by atoms with van der Waals surface area (Å²) in [5.74, 6) is 0.0361. The number of aromatic hydroxyl groups is 1. The first-order valence-electron chi connectivity index (χ1n) is 6.24. The molecule has 1 aliphatic carbocycles. The van der Waals surface area contributed by atoms with Gasteiger partial charge in [-0.25, -0.2) is 0 Å². The zero-order valence-corrected chi connectivity index (χ0v) is 10.8. The molecule has 2 atom stereocenters. The Morgan fingerprint density at radius 3 is 2.89 bits per heavy atom. The number of amides is 1. The van der Waals surface area contributed by atoms with E-state index < -0.39 is 0 Å². The van der Waals surface area contributed by atoms with E-state index in [2.05, 4.69) is 5.32 Å². The molecule has 1 aliphatic rings. The van der Waals surface area contributed by atoms with Crippen LogP contribution in [0, 0.1) is 6.92 Å². The third kappa shape index (κ3) is 2.64. The van der Waals surface area contributed by atoms with Crippen LogP contribution in [0.15, 0.2) is 18.2 Å². The molecule has 1 aromatic rings. The molecule has 1 aromatic carbocycles. The highest BCUT2D eigenvalue weighted by Gasteiger charge is 2.26. The van der Waals surface area contributed by atoms with Crippen molar-refractivity contribution in [1.82, 2.24) is 5.32 Å². The molecule has 0 spiro atoms. The fourth-order valence-corrected chi connectivity index (χ4v) is 2.42. The van der Waals surface area contributed by atoms with Crippen LogP contribution in [0.2, 0.25) is 0 Å². The minimum absolute atomic E-state index is 0.120. The second kappa shape index (κ2) is 5.40. The van der Waals surface area contributed by atoms with Gasteiger partial charge < -0.3 is 15.2 Å². The molecular weight excluding hydrogens is 230 g/mol. The lowest BCUT2D eigenvalue weighted by molar-refractivity contribution is 0.0914. The Balaban J connectivity index is 2.02. The number of nitrogens with one attached hydrogen (secondary N) is 1. The molecule has 1 fully saturated rings. The van der Waals surface area contributed by atoms with Crippen LogP contribution in [0.25, 0.3) is 0 Å². The summed E-state index contributed by atoms with van der Waals surface area (Å²) < 4.78 is 5.28. The topological polar surface area (TPSA) is 58.6 Å². The lowest BCUT2D eigenvalue weighted by Gasteiger charge is -2.14. The highest BCUT2D eigenvalue weighted by atomic mass is 16.5. The minimum Gasteiger partial charge on any atom is -0.508 e. The molecule has 4 heteroatoms. The SMILES string of the molecule is COC1CCC(NC(=O)c2cccc(O)c2C)C1. The monoisotopic (exact) mass is 249 g/mol. The van der Waals surface area contributed by atoms with Crippen molar-refractivity contribution in [1.29, 1.82) is 0 Å². The molecule has 0 bridgehead atoms. The van der Waals surface area contributed by atoms with Crippen molar-refractivity contribution < 1.29 is 14.6 Å². The highest BCUT2D eigenvalue weighted by molar-refractivity contribution is 5.96. The van der Waals surface area contributed by atoms with E-state index in [-0.39, 0.29) is 23.8 Å². The van der Waals surface area contributed by atoms with Gasteiger partial charge >= 0.3 is 0 Å². The molecule has 18 heavy (non-hydrogen) atoms. The number of methoxy groups -OCH3 is 1. The smallest absolute Gasteiger partial charge is 0.251 e. The van der Waals surface area contributed by atoms with Gasteiger partial charge in [-0.3, -0.25) is 4.79 Å². The van der Waals surface area contributed by atoms with Crippen LogP contribution >= 0.6 is 0 Å². The van der Waals surface area contributed by atoms with Crippen LogP contribution in [-0.4, -0.2) is 30.3 Å². The van der Waals surface area contributed by atoms with E-state index in [0.717, 1.165) is 19.3 Å². The van der Waals surface area contributed by atoms with E-state index in [1.165, 1.54) is 0 Å². The van der Waals surface area contributed by atoms with Crippen molar-refractivity contribution in [3.05, 3.63) is 29.3 Å². The van der Waals surface area contributed by atoms with Crippen molar-refractivity contribution in [3.8, 4) is 5.75 Å². The Hall–Kier alpha value is -1.55. The van der Waals surface area contributed by atoms with Gasteiger partial charge in [0.05, 0.1) is 6.10 Å². The van der Waals surface area contributed by atoms with Gasteiger partial charge in [-0.2, -0.15) is 0 Å². The molecule has 2 unspecified atom stereocenters. The molecule has 2 rings (SSSR count). The van der Waals surface area contributed by atoms with Gasteiger partial charge in [0.1, 0.15) is 5.75 Å². The van der Waals surface area contributed by atoms with Gasteiger partial charge in [-0.1, -0.05) is 6.07 Å². The van der Waals surface area contributed by atoms with Gasteiger partial charge in [0.25, 0.3) is 5.91 Å². The first-order chi connectivity index (χ1) is 8.61. The fraction of sp³-hybridized carbons (Fsp3) is 0.500. The molecule has 1 amide bonds. The van der Waals surface area contributed by atoms with Gasteiger partial charge in [0, 0.05) is 24.3 Å². The largest absolute Gasteiger partial charge is 0.508 e. The Morgan fingerprint density at radius 1 is 1.44 bits per heavy atom. The molecule has 0 radical (unpaired) electrons. The van der Waals surface area contributed by atoms with Crippen molar-refractivity contribution in [2.75, 3.05) is 7.11 Å². The number of phenols is 1. The number of rotatable bonds is 3. The minimum atomic E-state index is -0.120. The summed E-state index contributed by atoms with van der Waals surface area (Å²) >= 11 is 0. The number of ether oxygens (including phenoxy) is 1. The number of hydrogen-bond donors (Lipinski definition) is 2. The van der Waals surface area contributed by atoms with Crippen molar-refractivity contribution in [3.63, 3.8) is 0 Å². The summed E-state index contributed by atoms with van der Waals surface area (Å²) in [5.41, 5.74) is 1.16. The lowest BCUT2D eigenvalue weighted by atomic mass is 10.1. The van der Waals surface area contributed by atoms with Gasteiger partial charge in [0.2, 0.25) is 0 Å². The van der Waals surface area contributed by atoms with Crippen LogP contribution in [0.1, 0.15) is 35.2 Å². The average Bonchev–Trinajstić information content (AvgIpc) is 2.80. The second-order valence-corrected chi connectivity index (χ2v) is 4.79. The first kappa shape index (κ1) is 12.9. The predicted molar refractivity (Wildman–Crippen MR) is 68.7 cm³/mol.